The van der Waals surface area contributed by atoms with Gasteiger partial charge in [0.15, 0.2) is 6.17 Å². The molecule has 0 aliphatic carbocycles. The first-order valence-electron chi connectivity index (χ1n) is 9.58. The number of halogens is 3. The number of nitrogens with one attached hydrogen (secondary N) is 1. The van der Waals surface area contributed by atoms with Gasteiger partial charge >= 0.3 is 12.2 Å². The van der Waals surface area contributed by atoms with Crippen molar-refractivity contribution in [3.8, 4) is 0 Å². The Labute approximate surface area is 177 Å². The largest absolute Gasteiger partial charge is 0.416 e. The molecule has 5 nitrogen and oxygen atoms in total. The van der Waals surface area contributed by atoms with Crippen molar-refractivity contribution in [2.24, 2.45) is 10.1 Å². The first-order valence-corrected chi connectivity index (χ1v) is 9.58. The highest BCUT2D eigenvalue weighted by Crippen LogP contribution is 2.29. The molecule has 158 valence electrons. The lowest BCUT2D eigenvalue weighted by Gasteiger charge is -2.30. The summed E-state index contributed by atoms with van der Waals surface area (Å²) in [5, 5.41) is 8.15. The lowest BCUT2D eigenvalue weighted by Crippen LogP contribution is -2.50. The van der Waals surface area contributed by atoms with Crippen molar-refractivity contribution in [1.29, 1.82) is 0 Å². The van der Waals surface area contributed by atoms with E-state index in [0.717, 1.165) is 28.8 Å². The number of aliphatic imine (C=N–C) groups is 1. The van der Waals surface area contributed by atoms with Crippen LogP contribution in [0.15, 0.2) is 76.9 Å². The van der Waals surface area contributed by atoms with E-state index < -0.39 is 23.9 Å². The second-order valence-corrected chi connectivity index (χ2v) is 7.30. The first kappa shape index (κ1) is 20.6. The summed E-state index contributed by atoms with van der Waals surface area (Å²) in [5.74, 6) is 0.192. The maximum absolute atomic E-state index is 12.9. The maximum atomic E-state index is 12.9. The van der Waals surface area contributed by atoms with Crippen molar-refractivity contribution in [3.05, 3.63) is 89.0 Å². The Morgan fingerprint density at radius 1 is 0.935 bits per heavy atom. The molecule has 0 saturated heterocycles. The van der Waals surface area contributed by atoms with Crippen LogP contribution < -0.4 is 5.32 Å². The van der Waals surface area contributed by atoms with E-state index in [4.69, 9.17) is 0 Å². The van der Waals surface area contributed by atoms with E-state index in [2.05, 4.69) is 15.4 Å². The molecule has 1 N–H and O–H groups in total. The molecular formula is C23H19F3N4O. The summed E-state index contributed by atoms with van der Waals surface area (Å²) in [6, 6.07) is 11.9. The van der Waals surface area contributed by atoms with Crippen LogP contribution in [0.5, 0.6) is 0 Å². The average Bonchev–Trinajstić information content (AvgIpc) is 2.72. The Kier molecular flexibility index (Phi) is 5.22. The smallest absolute Gasteiger partial charge is 0.290 e. The molecule has 0 spiro atoms. The fourth-order valence-corrected chi connectivity index (χ4v) is 3.24. The average molecular weight is 424 g/mol. The van der Waals surface area contributed by atoms with Gasteiger partial charge in [-0.25, -0.2) is 9.79 Å². The van der Waals surface area contributed by atoms with E-state index in [9.17, 15) is 18.0 Å². The minimum Gasteiger partial charge on any atom is -0.290 e. The highest BCUT2D eigenvalue weighted by molar-refractivity contribution is 6.09. The van der Waals surface area contributed by atoms with Gasteiger partial charge in [0.25, 0.3) is 0 Å². The van der Waals surface area contributed by atoms with E-state index in [0.29, 0.717) is 11.3 Å². The van der Waals surface area contributed by atoms with E-state index in [1.807, 2.05) is 43.3 Å². The molecule has 4 rings (SSSR count). The number of benzene rings is 2. The molecule has 31 heavy (non-hydrogen) atoms. The number of carbonyl (C=O) groups excluding carboxylic acids is 1. The number of alkyl halides is 3. The Morgan fingerprint density at radius 2 is 1.58 bits per heavy atom. The van der Waals surface area contributed by atoms with Crippen LogP contribution in [0.1, 0.15) is 29.2 Å². The second-order valence-electron chi connectivity index (χ2n) is 7.30. The highest BCUT2D eigenvalue weighted by atomic mass is 19.4. The number of rotatable bonds is 2. The molecule has 2 amide bonds. The number of fused-ring (bicyclic) bond motifs is 1. The van der Waals surface area contributed by atoms with Crippen molar-refractivity contribution < 1.29 is 18.0 Å². The molecule has 0 bridgehead atoms. The third-order valence-electron chi connectivity index (χ3n) is 4.91. The number of amides is 2. The van der Waals surface area contributed by atoms with Crippen molar-refractivity contribution >= 4 is 23.2 Å². The van der Waals surface area contributed by atoms with Crippen LogP contribution in [0, 0.1) is 6.92 Å². The maximum Gasteiger partial charge on any atom is 0.416 e. The SMILES string of the molecule is C/C1=N\N2C(=O)NC(c3ccc(C(F)(F)F)cc3)=NC2C=C(c2ccc(C)cc2)C=C1. The summed E-state index contributed by atoms with van der Waals surface area (Å²) in [6.07, 6.45) is 0.337. The topological polar surface area (TPSA) is 57.1 Å². The normalized spacial score (nSPS) is 20.5. The monoisotopic (exact) mass is 424 g/mol. The van der Waals surface area contributed by atoms with Crippen LogP contribution in [0.3, 0.4) is 0 Å². The zero-order chi connectivity index (χ0) is 22.2. The van der Waals surface area contributed by atoms with Crippen LogP contribution in [0.2, 0.25) is 0 Å². The summed E-state index contributed by atoms with van der Waals surface area (Å²) < 4.78 is 38.6. The first-order chi connectivity index (χ1) is 14.7. The number of allylic oxidation sites excluding steroid dienone is 3. The predicted molar refractivity (Wildman–Crippen MR) is 114 cm³/mol. The van der Waals surface area contributed by atoms with Crippen molar-refractivity contribution in [2.45, 2.75) is 26.2 Å². The van der Waals surface area contributed by atoms with Gasteiger partial charge in [0.05, 0.1) is 11.3 Å². The lowest BCUT2D eigenvalue weighted by atomic mass is 10.0. The summed E-state index contributed by atoms with van der Waals surface area (Å²) in [4.78, 5) is 17.3. The van der Waals surface area contributed by atoms with Crippen LogP contribution >= 0.6 is 0 Å². The number of hydrogen-bond acceptors (Lipinski definition) is 3. The van der Waals surface area contributed by atoms with Crippen molar-refractivity contribution in [3.63, 3.8) is 0 Å². The zero-order valence-corrected chi connectivity index (χ0v) is 16.8. The van der Waals surface area contributed by atoms with Gasteiger partial charge in [-0.3, -0.25) is 5.32 Å². The molecule has 1 unspecified atom stereocenters. The lowest BCUT2D eigenvalue weighted by molar-refractivity contribution is -0.137. The third kappa shape index (κ3) is 4.42. The van der Waals surface area contributed by atoms with E-state index >= 15 is 0 Å². The Morgan fingerprint density at radius 3 is 2.23 bits per heavy atom. The summed E-state index contributed by atoms with van der Waals surface area (Å²) in [5.41, 5.74) is 3.16. The summed E-state index contributed by atoms with van der Waals surface area (Å²) >= 11 is 0. The van der Waals surface area contributed by atoms with Gasteiger partial charge in [0.1, 0.15) is 5.84 Å². The van der Waals surface area contributed by atoms with Crippen LogP contribution in [0.4, 0.5) is 18.0 Å². The van der Waals surface area contributed by atoms with Gasteiger partial charge in [-0.05, 0) is 49.3 Å². The van der Waals surface area contributed by atoms with Crippen LogP contribution in [0.25, 0.3) is 5.57 Å². The van der Waals surface area contributed by atoms with Gasteiger partial charge in [-0.1, -0.05) is 48.0 Å². The number of nitrogens with zero attached hydrogens (tertiary/aromatic N) is 3. The summed E-state index contributed by atoms with van der Waals surface area (Å²) in [6.45, 7) is 3.77. The standard InChI is InChI=1S/C23H19F3N4O/c1-14-3-6-16(7-4-14)18-8-5-15(2)29-30-20(13-18)27-21(28-22(30)31)17-9-11-19(12-10-17)23(24,25)26/h3-13,20H,1-2H3,(H,27,28,31)/b8-5?,18-13?,29-15+. The quantitative estimate of drug-likeness (QED) is 0.713. The Bertz CT molecular complexity index is 1130. The van der Waals surface area contributed by atoms with E-state index in [1.54, 1.807) is 13.0 Å². The Balaban J connectivity index is 1.75. The molecule has 8 heteroatoms. The predicted octanol–water partition coefficient (Wildman–Crippen LogP) is 5.14. The second kappa shape index (κ2) is 7.86. The number of amidine groups is 1. The minimum atomic E-state index is -4.43. The molecule has 2 aromatic carbocycles. The molecule has 0 fully saturated rings. The molecule has 0 saturated carbocycles. The van der Waals surface area contributed by atoms with Gasteiger partial charge in [-0.2, -0.15) is 23.3 Å². The van der Waals surface area contributed by atoms with E-state index in [1.165, 1.54) is 17.1 Å². The van der Waals surface area contributed by atoms with Gasteiger partial charge in [0, 0.05) is 5.56 Å². The fourth-order valence-electron chi connectivity index (χ4n) is 3.24. The minimum absolute atomic E-state index is 0.192. The molecule has 2 heterocycles. The van der Waals surface area contributed by atoms with Crippen LogP contribution in [-0.4, -0.2) is 28.8 Å². The zero-order valence-electron chi connectivity index (χ0n) is 16.8. The van der Waals surface area contributed by atoms with Gasteiger partial charge in [0.2, 0.25) is 0 Å². The molecule has 2 aromatic rings. The summed E-state index contributed by atoms with van der Waals surface area (Å²) in [7, 11) is 0. The molecule has 2 aliphatic rings. The molecule has 1 atom stereocenters. The van der Waals surface area contributed by atoms with Gasteiger partial charge < -0.3 is 0 Å². The molecule has 2 aliphatic heterocycles. The van der Waals surface area contributed by atoms with Gasteiger partial charge in [-0.15, -0.1) is 0 Å². The van der Waals surface area contributed by atoms with Crippen molar-refractivity contribution in [2.75, 3.05) is 0 Å². The van der Waals surface area contributed by atoms with E-state index in [-0.39, 0.29) is 5.84 Å². The number of aryl methyl sites for hydroxylation is 1. The Hall–Kier alpha value is -3.68. The number of hydrazone groups is 1. The molecule has 0 aromatic heterocycles. The number of urea groups is 1. The highest BCUT2D eigenvalue weighted by Gasteiger charge is 2.32. The molecular weight excluding hydrogens is 405 g/mol. The van der Waals surface area contributed by atoms with Crippen molar-refractivity contribution in [1.82, 2.24) is 10.3 Å². The fraction of sp³-hybridized carbons (Fsp3) is 0.174. The molecule has 0 radical (unpaired) electrons. The van der Waals surface area contributed by atoms with Crippen LogP contribution in [-0.2, 0) is 6.18 Å². The number of carbonyl (C=O) groups is 1. The third-order valence-corrected chi connectivity index (χ3v) is 4.91. The number of hydrogen-bond donors (Lipinski definition) is 1.